The van der Waals surface area contributed by atoms with E-state index in [0.717, 1.165) is 36.2 Å². The Morgan fingerprint density at radius 3 is 2.17 bits per heavy atom. The van der Waals surface area contributed by atoms with Crippen molar-refractivity contribution in [3.05, 3.63) is 71.2 Å². The maximum absolute atomic E-state index is 13.5. The summed E-state index contributed by atoms with van der Waals surface area (Å²) in [7, 11) is 0. The van der Waals surface area contributed by atoms with Gasteiger partial charge in [-0.3, -0.25) is 19.5 Å². The molecule has 0 spiro atoms. The molecular weight excluding hydrogens is 362 g/mol. The van der Waals surface area contributed by atoms with Crippen LogP contribution in [0.3, 0.4) is 0 Å². The lowest BCUT2D eigenvalue weighted by molar-refractivity contribution is -0.138. The van der Waals surface area contributed by atoms with E-state index in [2.05, 4.69) is 23.7 Å². The lowest BCUT2D eigenvalue weighted by atomic mass is 9.91. The molecule has 5 nitrogen and oxygen atoms in total. The molecule has 1 aromatic carbocycles. The summed E-state index contributed by atoms with van der Waals surface area (Å²) in [5, 5.41) is 0. The smallest absolute Gasteiger partial charge is 0.278 e. The molecule has 29 heavy (non-hydrogen) atoms. The van der Waals surface area contributed by atoms with Gasteiger partial charge in [-0.2, -0.15) is 0 Å². The highest BCUT2D eigenvalue weighted by Gasteiger charge is 2.42. The van der Waals surface area contributed by atoms with E-state index in [1.54, 1.807) is 12.4 Å². The first kappa shape index (κ1) is 19.4. The van der Waals surface area contributed by atoms with E-state index >= 15 is 0 Å². The first-order chi connectivity index (χ1) is 13.9. The number of amides is 2. The van der Waals surface area contributed by atoms with E-state index in [4.69, 9.17) is 0 Å². The van der Waals surface area contributed by atoms with Crippen LogP contribution in [0.1, 0.15) is 37.0 Å². The van der Waals surface area contributed by atoms with E-state index in [9.17, 15) is 9.59 Å². The molecule has 2 amide bonds. The predicted molar refractivity (Wildman–Crippen MR) is 112 cm³/mol. The quantitative estimate of drug-likeness (QED) is 0.749. The molecule has 1 saturated heterocycles. The van der Waals surface area contributed by atoms with E-state index in [1.165, 1.54) is 4.90 Å². The second kappa shape index (κ2) is 7.82. The topological polar surface area (TPSA) is 53.5 Å². The minimum atomic E-state index is -0.212. The molecule has 2 aliphatic rings. The molecule has 3 heterocycles. The molecule has 1 fully saturated rings. The number of nitrogens with zero attached hydrogens (tertiary/aromatic N) is 3. The van der Waals surface area contributed by atoms with Gasteiger partial charge in [0.05, 0.1) is 12.1 Å². The summed E-state index contributed by atoms with van der Waals surface area (Å²) >= 11 is 0. The molecule has 5 heteroatoms. The van der Waals surface area contributed by atoms with Gasteiger partial charge in [0.2, 0.25) is 0 Å². The molecule has 2 aromatic rings. The third-order valence-corrected chi connectivity index (χ3v) is 5.76. The summed E-state index contributed by atoms with van der Waals surface area (Å²) in [6.45, 7) is 8.31. The highest BCUT2D eigenvalue weighted by atomic mass is 16.2. The highest BCUT2D eigenvalue weighted by Crippen LogP contribution is 2.35. The summed E-state index contributed by atoms with van der Waals surface area (Å²) in [4.78, 5) is 34.4. The number of piperidine rings is 1. The van der Waals surface area contributed by atoms with Gasteiger partial charge in [-0.15, -0.1) is 0 Å². The van der Waals surface area contributed by atoms with Crippen LogP contribution in [0.15, 0.2) is 54.5 Å². The first-order valence-corrected chi connectivity index (χ1v) is 10.3. The number of carbonyl (C=O) groups is 2. The minimum absolute atomic E-state index is 0.191. The molecule has 0 bridgehead atoms. The van der Waals surface area contributed by atoms with Crippen molar-refractivity contribution in [3.63, 3.8) is 0 Å². The number of pyridine rings is 1. The van der Waals surface area contributed by atoms with Crippen molar-refractivity contribution in [1.29, 1.82) is 0 Å². The van der Waals surface area contributed by atoms with E-state index in [-0.39, 0.29) is 18.4 Å². The molecular formula is C24H27N3O2. The zero-order chi connectivity index (χ0) is 20.5. The molecule has 0 N–H and O–H groups in total. The molecule has 2 unspecified atom stereocenters. The zero-order valence-electron chi connectivity index (χ0n) is 17.3. The second-order valence-electron chi connectivity index (χ2n) is 8.49. The Morgan fingerprint density at radius 2 is 1.55 bits per heavy atom. The third kappa shape index (κ3) is 3.82. The number of carbonyl (C=O) groups excluding carboxylic acids is 2. The lowest BCUT2D eigenvalue weighted by Gasteiger charge is -2.37. The number of imide groups is 1. The third-order valence-electron chi connectivity index (χ3n) is 5.76. The Morgan fingerprint density at radius 1 is 0.931 bits per heavy atom. The molecule has 1 aromatic heterocycles. The summed E-state index contributed by atoms with van der Waals surface area (Å²) in [5.74, 6) is 0.575. The van der Waals surface area contributed by atoms with Gasteiger partial charge in [0, 0.05) is 25.5 Å². The summed E-state index contributed by atoms with van der Waals surface area (Å²) < 4.78 is 0. The van der Waals surface area contributed by atoms with Gasteiger partial charge < -0.3 is 4.90 Å². The van der Waals surface area contributed by atoms with Crippen molar-refractivity contribution in [2.45, 2.75) is 33.7 Å². The van der Waals surface area contributed by atoms with Crippen LogP contribution in [-0.2, 0) is 16.1 Å². The fourth-order valence-corrected chi connectivity index (χ4v) is 4.50. The van der Waals surface area contributed by atoms with Gasteiger partial charge in [0.1, 0.15) is 5.70 Å². The van der Waals surface area contributed by atoms with Gasteiger partial charge >= 0.3 is 0 Å². The Labute approximate surface area is 172 Å². The number of aryl methyl sites for hydroxylation is 1. The standard InChI is InChI=1S/C24H27N3O2/c1-16-4-6-20(7-5-16)21-22(26-13-17(2)12-18(3)14-26)24(29)27(23(21)28)15-19-8-10-25-11-9-19/h4-11,17-18H,12-15H2,1-3H3. The van der Waals surface area contributed by atoms with Crippen LogP contribution in [0.4, 0.5) is 0 Å². The molecule has 2 aliphatic heterocycles. The highest BCUT2D eigenvalue weighted by molar-refractivity contribution is 6.35. The number of hydrogen-bond acceptors (Lipinski definition) is 4. The van der Waals surface area contributed by atoms with Gasteiger partial charge in [0.15, 0.2) is 0 Å². The van der Waals surface area contributed by atoms with Crippen LogP contribution in [0.2, 0.25) is 0 Å². The van der Waals surface area contributed by atoms with Crippen molar-refractivity contribution in [2.24, 2.45) is 11.8 Å². The average molecular weight is 389 g/mol. The zero-order valence-corrected chi connectivity index (χ0v) is 17.3. The number of benzene rings is 1. The normalized spacial score (nSPS) is 22.6. The summed E-state index contributed by atoms with van der Waals surface area (Å²) in [6.07, 6.45) is 4.51. The van der Waals surface area contributed by atoms with Crippen LogP contribution < -0.4 is 0 Å². The number of likely N-dealkylation sites (tertiary alicyclic amines) is 1. The SMILES string of the molecule is Cc1ccc(C2=C(N3CC(C)CC(C)C3)C(=O)N(Cc3ccncc3)C2=O)cc1. The summed E-state index contributed by atoms with van der Waals surface area (Å²) in [5.41, 5.74) is 3.93. The maximum atomic E-state index is 13.5. The Bertz CT molecular complexity index is 940. The Balaban J connectivity index is 1.75. The first-order valence-electron chi connectivity index (χ1n) is 10.3. The van der Waals surface area contributed by atoms with Crippen molar-refractivity contribution in [2.75, 3.05) is 13.1 Å². The van der Waals surface area contributed by atoms with E-state index in [0.29, 0.717) is 23.1 Å². The lowest BCUT2D eigenvalue weighted by Crippen LogP contribution is -2.41. The molecule has 2 atom stereocenters. The summed E-state index contributed by atoms with van der Waals surface area (Å²) in [6, 6.07) is 11.6. The minimum Gasteiger partial charge on any atom is -0.366 e. The number of rotatable bonds is 4. The van der Waals surface area contributed by atoms with E-state index in [1.807, 2.05) is 43.3 Å². The fraction of sp³-hybridized carbons (Fsp3) is 0.375. The van der Waals surface area contributed by atoms with Crippen LogP contribution in [-0.4, -0.2) is 39.7 Å². The van der Waals surface area contributed by atoms with Gasteiger partial charge in [-0.1, -0.05) is 43.7 Å². The van der Waals surface area contributed by atoms with Crippen molar-refractivity contribution in [3.8, 4) is 0 Å². The monoisotopic (exact) mass is 389 g/mol. The second-order valence-corrected chi connectivity index (χ2v) is 8.49. The maximum Gasteiger partial charge on any atom is 0.278 e. The van der Waals surface area contributed by atoms with Gasteiger partial charge in [-0.25, -0.2) is 0 Å². The van der Waals surface area contributed by atoms with Gasteiger partial charge in [0.25, 0.3) is 11.8 Å². The molecule has 4 rings (SSSR count). The van der Waals surface area contributed by atoms with Crippen LogP contribution in [0, 0.1) is 18.8 Å². The molecule has 0 aliphatic carbocycles. The number of hydrogen-bond donors (Lipinski definition) is 0. The van der Waals surface area contributed by atoms with Crippen LogP contribution in [0.5, 0.6) is 0 Å². The van der Waals surface area contributed by atoms with Crippen molar-refractivity contribution in [1.82, 2.24) is 14.8 Å². The van der Waals surface area contributed by atoms with Crippen LogP contribution >= 0.6 is 0 Å². The number of aromatic nitrogens is 1. The Hall–Kier alpha value is -2.95. The molecule has 0 saturated carbocycles. The average Bonchev–Trinajstić information content (AvgIpc) is 2.93. The largest absolute Gasteiger partial charge is 0.366 e. The van der Waals surface area contributed by atoms with Gasteiger partial charge in [-0.05, 0) is 48.4 Å². The van der Waals surface area contributed by atoms with Crippen LogP contribution in [0.25, 0.3) is 5.57 Å². The van der Waals surface area contributed by atoms with Crippen molar-refractivity contribution < 1.29 is 9.59 Å². The fourth-order valence-electron chi connectivity index (χ4n) is 4.50. The Kier molecular flexibility index (Phi) is 5.22. The predicted octanol–water partition coefficient (Wildman–Crippen LogP) is 3.65. The molecule has 150 valence electrons. The molecule has 0 radical (unpaired) electrons. The van der Waals surface area contributed by atoms with E-state index < -0.39 is 0 Å². The van der Waals surface area contributed by atoms with Crippen molar-refractivity contribution >= 4 is 17.4 Å².